The Morgan fingerprint density at radius 2 is 1.68 bits per heavy atom. The molecule has 1 atom stereocenters. The molecule has 130 valence electrons. The van der Waals surface area contributed by atoms with Gasteiger partial charge in [0.2, 0.25) is 0 Å². The highest BCUT2D eigenvalue weighted by Gasteiger charge is 2.25. The zero-order chi connectivity index (χ0) is 16.9. The number of ether oxygens (including phenoxy) is 4. The molecule has 0 aliphatic rings. The van der Waals surface area contributed by atoms with Gasteiger partial charge in [-0.15, -0.1) is 6.42 Å². The van der Waals surface area contributed by atoms with Crippen LogP contribution in [0, 0.1) is 12.3 Å². The predicted molar refractivity (Wildman–Crippen MR) is 90.1 cm³/mol. The predicted octanol–water partition coefficient (Wildman–Crippen LogP) is 3.43. The van der Waals surface area contributed by atoms with Gasteiger partial charge < -0.3 is 18.9 Å². The van der Waals surface area contributed by atoms with Crippen LogP contribution in [0.5, 0.6) is 0 Å². The third kappa shape index (κ3) is 11.0. The van der Waals surface area contributed by atoms with Crippen LogP contribution in [0.15, 0.2) is 0 Å². The van der Waals surface area contributed by atoms with E-state index >= 15 is 0 Å². The fourth-order valence-electron chi connectivity index (χ4n) is 1.94. The summed E-state index contributed by atoms with van der Waals surface area (Å²) in [5, 5.41) is 0. The van der Waals surface area contributed by atoms with Gasteiger partial charge in [-0.25, -0.2) is 0 Å². The zero-order valence-electron chi connectivity index (χ0n) is 15.1. The highest BCUT2D eigenvalue weighted by Crippen LogP contribution is 2.23. The number of terminal acetylenes is 1. The number of rotatable bonds is 14. The van der Waals surface area contributed by atoms with Crippen LogP contribution >= 0.6 is 0 Å². The maximum atomic E-state index is 6.00. The molecule has 0 spiro atoms. The Morgan fingerprint density at radius 3 is 2.27 bits per heavy atom. The van der Waals surface area contributed by atoms with Crippen molar-refractivity contribution < 1.29 is 18.9 Å². The quantitative estimate of drug-likeness (QED) is 0.363. The van der Waals surface area contributed by atoms with Gasteiger partial charge >= 0.3 is 0 Å². The van der Waals surface area contributed by atoms with Crippen LogP contribution in [0.2, 0.25) is 0 Å². The van der Waals surface area contributed by atoms with Crippen LogP contribution in [0.1, 0.15) is 53.4 Å². The molecule has 0 aromatic carbocycles. The summed E-state index contributed by atoms with van der Waals surface area (Å²) < 4.78 is 22.4. The average Bonchev–Trinajstić information content (AvgIpc) is 2.48. The Bertz CT molecular complexity index is 309. The minimum Gasteiger partial charge on any atom is -0.385 e. The van der Waals surface area contributed by atoms with E-state index in [1.54, 1.807) is 7.11 Å². The number of hydrogen-bond acceptors (Lipinski definition) is 4. The summed E-state index contributed by atoms with van der Waals surface area (Å²) in [4.78, 5) is 0. The maximum Gasteiger partial charge on any atom is 0.107 e. The minimum atomic E-state index is -0.209. The van der Waals surface area contributed by atoms with Crippen LogP contribution in [0.3, 0.4) is 0 Å². The molecule has 0 radical (unpaired) electrons. The van der Waals surface area contributed by atoms with Crippen molar-refractivity contribution in [3.05, 3.63) is 0 Å². The molecule has 0 N–H and O–H groups in total. The monoisotopic (exact) mass is 314 g/mol. The minimum absolute atomic E-state index is 0.135. The molecule has 0 aliphatic carbocycles. The lowest BCUT2D eigenvalue weighted by molar-refractivity contribution is -0.0898. The molecule has 1 unspecified atom stereocenters. The highest BCUT2D eigenvalue weighted by molar-refractivity contribution is 4.83. The van der Waals surface area contributed by atoms with E-state index in [0.29, 0.717) is 19.8 Å². The molecule has 0 bridgehead atoms. The maximum absolute atomic E-state index is 6.00. The first-order valence-electron chi connectivity index (χ1n) is 8.17. The normalized spacial score (nSPS) is 14.5. The Morgan fingerprint density at radius 1 is 0.955 bits per heavy atom. The van der Waals surface area contributed by atoms with Gasteiger partial charge in [0.25, 0.3) is 0 Å². The Kier molecular flexibility index (Phi) is 11.6. The molecule has 0 amide bonds. The van der Waals surface area contributed by atoms with Crippen molar-refractivity contribution >= 4 is 0 Å². The van der Waals surface area contributed by atoms with Crippen molar-refractivity contribution in [1.82, 2.24) is 0 Å². The van der Waals surface area contributed by atoms with Gasteiger partial charge in [0.15, 0.2) is 0 Å². The van der Waals surface area contributed by atoms with Gasteiger partial charge in [-0.2, -0.15) is 0 Å². The van der Waals surface area contributed by atoms with Gasteiger partial charge in [0.05, 0.1) is 24.4 Å². The third-order valence-corrected chi connectivity index (χ3v) is 3.85. The van der Waals surface area contributed by atoms with Crippen LogP contribution in [-0.2, 0) is 18.9 Å². The summed E-state index contributed by atoms with van der Waals surface area (Å²) >= 11 is 0. The van der Waals surface area contributed by atoms with Crippen molar-refractivity contribution in [1.29, 1.82) is 0 Å². The molecule has 0 saturated heterocycles. The lowest BCUT2D eigenvalue weighted by Gasteiger charge is -2.31. The molecule has 0 rings (SSSR count). The van der Waals surface area contributed by atoms with E-state index in [1.807, 2.05) is 0 Å². The second-order valence-corrected chi connectivity index (χ2v) is 6.36. The largest absolute Gasteiger partial charge is 0.385 e. The van der Waals surface area contributed by atoms with Gasteiger partial charge in [-0.1, -0.05) is 12.8 Å². The van der Waals surface area contributed by atoms with Crippen molar-refractivity contribution in [2.75, 3.05) is 40.1 Å². The summed E-state index contributed by atoms with van der Waals surface area (Å²) in [7, 11) is 1.71. The van der Waals surface area contributed by atoms with E-state index in [4.69, 9.17) is 25.4 Å². The van der Waals surface area contributed by atoms with E-state index in [0.717, 1.165) is 38.9 Å². The standard InChI is InChI=1S/C18H34O4/c1-7-12-20-15-10-17(3,4)21-16-11-18(5,8-2)22-14-9-13-19-6/h1H,8-16H2,2-6H3. The zero-order valence-corrected chi connectivity index (χ0v) is 15.1. The van der Waals surface area contributed by atoms with Gasteiger partial charge in [-0.3, -0.25) is 0 Å². The van der Waals surface area contributed by atoms with Crippen LogP contribution in [0.25, 0.3) is 0 Å². The topological polar surface area (TPSA) is 36.9 Å². The second kappa shape index (κ2) is 11.9. The van der Waals surface area contributed by atoms with Crippen molar-refractivity contribution in [3.63, 3.8) is 0 Å². The third-order valence-electron chi connectivity index (χ3n) is 3.85. The molecular formula is C18H34O4. The van der Waals surface area contributed by atoms with E-state index < -0.39 is 0 Å². The van der Waals surface area contributed by atoms with Gasteiger partial charge in [0.1, 0.15) is 6.61 Å². The summed E-state index contributed by atoms with van der Waals surface area (Å²) in [6.45, 7) is 11.6. The Hall–Kier alpha value is -0.600. The van der Waals surface area contributed by atoms with Crippen molar-refractivity contribution in [2.45, 2.75) is 64.6 Å². The molecule has 22 heavy (non-hydrogen) atoms. The smallest absolute Gasteiger partial charge is 0.107 e. The van der Waals surface area contributed by atoms with Crippen LogP contribution in [-0.4, -0.2) is 51.3 Å². The van der Waals surface area contributed by atoms with Crippen LogP contribution < -0.4 is 0 Å². The first-order chi connectivity index (χ1) is 10.4. The summed E-state index contributed by atoms with van der Waals surface area (Å²) in [6.07, 6.45) is 8.75. The first-order valence-corrected chi connectivity index (χ1v) is 8.17. The van der Waals surface area contributed by atoms with Crippen LogP contribution in [0.4, 0.5) is 0 Å². The summed E-state index contributed by atoms with van der Waals surface area (Å²) in [5.41, 5.74) is -0.344. The van der Waals surface area contributed by atoms with Gasteiger partial charge in [-0.05, 0) is 46.5 Å². The molecule has 0 aromatic rings. The number of methoxy groups -OCH3 is 1. The van der Waals surface area contributed by atoms with E-state index in [-0.39, 0.29) is 11.2 Å². The number of hydrogen-bond donors (Lipinski definition) is 0. The Balaban J connectivity index is 3.98. The highest BCUT2D eigenvalue weighted by atomic mass is 16.5. The molecule has 0 fully saturated rings. The lowest BCUT2D eigenvalue weighted by atomic mass is 9.99. The fourth-order valence-corrected chi connectivity index (χ4v) is 1.94. The Labute approximate surface area is 136 Å². The molecule has 0 heterocycles. The molecule has 4 heteroatoms. The SMILES string of the molecule is C#CCOCCC(C)(C)OCCC(C)(CC)OCCCOC. The van der Waals surface area contributed by atoms with E-state index in [9.17, 15) is 0 Å². The van der Waals surface area contributed by atoms with E-state index in [1.165, 1.54) is 0 Å². The molecule has 0 aliphatic heterocycles. The summed E-state index contributed by atoms with van der Waals surface area (Å²) in [5.74, 6) is 2.46. The summed E-state index contributed by atoms with van der Waals surface area (Å²) in [6, 6.07) is 0. The average molecular weight is 314 g/mol. The fraction of sp³-hybridized carbons (Fsp3) is 0.889. The molecule has 0 aromatic heterocycles. The van der Waals surface area contributed by atoms with Crippen molar-refractivity contribution in [3.8, 4) is 12.3 Å². The first kappa shape index (κ1) is 21.4. The second-order valence-electron chi connectivity index (χ2n) is 6.36. The molecular weight excluding hydrogens is 280 g/mol. The molecule has 0 saturated carbocycles. The van der Waals surface area contributed by atoms with Gasteiger partial charge in [0, 0.05) is 20.3 Å². The molecule has 4 nitrogen and oxygen atoms in total. The lowest BCUT2D eigenvalue weighted by Crippen LogP contribution is -2.33. The van der Waals surface area contributed by atoms with E-state index in [2.05, 4.69) is 33.6 Å². The van der Waals surface area contributed by atoms with Crippen molar-refractivity contribution in [2.24, 2.45) is 0 Å².